The van der Waals surface area contributed by atoms with Crippen molar-refractivity contribution in [2.45, 2.75) is 55.6 Å². The van der Waals surface area contributed by atoms with Gasteiger partial charge in [-0.2, -0.15) is 0 Å². The molecule has 4 atom stereocenters. The average Bonchev–Trinajstić information content (AvgIpc) is 2.29. The topological polar surface area (TPSA) is 63.6 Å². The standard InChI is InChI=1S/C11H20O4S/c1-3-10(11(12)13)16(14)9-6-4-5-8(7-9)15-2/h8-10H,3-7H2,1-2H3,(H,12,13). The van der Waals surface area contributed by atoms with Gasteiger partial charge in [-0.05, 0) is 32.1 Å². The lowest BCUT2D eigenvalue weighted by Crippen LogP contribution is -2.36. The van der Waals surface area contributed by atoms with Gasteiger partial charge in [0.2, 0.25) is 0 Å². The molecular weight excluding hydrogens is 228 g/mol. The van der Waals surface area contributed by atoms with Gasteiger partial charge in [-0.3, -0.25) is 9.00 Å². The molecule has 5 heteroatoms. The molecule has 0 bridgehead atoms. The normalized spacial score (nSPS) is 29.6. The average molecular weight is 248 g/mol. The summed E-state index contributed by atoms with van der Waals surface area (Å²) in [5, 5.41) is 8.24. The molecule has 0 saturated heterocycles. The van der Waals surface area contributed by atoms with Crippen LogP contribution < -0.4 is 0 Å². The fourth-order valence-electron chi connectivity index (χ4n) is 2.20. The van der Waals surface area contributed by atoms with E-state index in [-0.39, 0.29) is 11.4 Å². The van der Waals surface area contributed by atoms with Crippen LogP contribution in [0.5, 0.6) is 0 Å². The van der Waals surface area contributed by atoms with Gasteiger partial charge in [0.1, 0.15) is 5.25 Å². The minimum atomic E-state index is -1.28. The summed E-state index contributed by atoms with van der Waals surface area (Å²) in [6.45, 7) is 1.77. The van der Waals surface area contributed by atoms with Crippen LogP contribution in [-0.2, 0) is 20.3 Å². The zero-order chi connectivity index (χ0) is 12.1. The molecule has 4 nitrogen and oxygen atoms in total. The largest absolute Gasteiger partial charge is 0.480 e. The van der Waals surface area contributed by atoms with E-state index in [4.69, 9.17) is 9.84 Å². The van der Waals surface area contributed by atoms with E-state index in [1.807, 2.05) is 0 Å². The van der Waals surface area contributed by atoms with Crippen molar-refractivity contribution < 1.29 is 18.8 Å². The molecule has 0 aromatic heterocycles. The summed E-state index contributed by atoms with van der Waals surface area (Å²) < 4.78 is 17.4. The van der Waals surface area contributed by atoms with E-state index in [1.54, 1.807) is 14.0 Å². The SMILES string of the molecule is CCC(C(=O)O)S(=O)C1CCCC(OC)C1. The van der Waals surface area contributed by atoms with Gasteiger partial charge >= 0.3 is 5.97 Å². The van der Waals surface area contributed by atoms with E-state index in [0.717, 1.165) is 25.7 Å². The quantitative estimate of drug-likeness (QED) is 0.802. The van der Waals surface area contributed by atoms with Gasteiger partial charge in [0.15, 0.2) is 0 Å². The summed E-state index contributed by atoms with van der Waals surface area (Å²) in [7, 11) is 0.381. The van der Waals surface area contributed by atoms with Crippen molar-refractivity contribution in [3.63, 3.8) is 0 Å². The summed E-state index contributed by atoms with van der Waals surface area (Å²) in [5.74, 6) is -0.944. The third-order valence-corrected chi connectivity index (χ3v) is 5.35. The van der Waals surface area contributed by atoms with Crippen LogP contribution in [0.4, 0.5) is 0 Å². The number of carboxylic acid groups (broad SMARTS) is 1. The fraction of sp³-hybridized carbons (Fsp3) is 0.909. The lowest BCUT2D eigenvalue weighted by Gasteiger charge is -2.29. The van der Waals surface area contributed by atoms with E-state index in [0.29, 0.717) is 6.42 Å². The van der Waals surface area contributed by atoms with E-state index in [2.05, 4.69) is 0 Å². The Morgan fingerprint density at radius 1 is 1.56 bits per heavy atom. The third-order valence-electron chi connectivity index (χ3n) is 3.17. The van der Waals surface area contributed by atoms with E-state index in [9.17, 15) is 9.00 Å². The van der Waals surface area contributed by atoms with Crippen LogP contribution in [0.15, 0.2) is 0 Å². The second kappa shape index (κ2) is 6.35. The van der Waals surface area contributed by atoms with Crippen molar-refractivity contribution >= 4 is 16.8 Å². The number of hydrogen-bond acceptors (Lipinski definition) is 3. The van der Waals surface area contributed by atoms with Crippen LogP contribution in [0.1, 0.15) is 39.0 Å². The number of hydrogen-bond donors (Lipinski definition) is 1. The molecule has 1 N–H and O–H groups in total. The molecule has 0 aliphatic heterocycles. The van der Waals surface area contributed by atoms with Crippen molar-refractivity contribution in [2.24, 2.45) is 0 Å². The van der Waals surface area contributed by atoms with Gasteiger partial charge in [-0.25, -0.2) is 0 Å². The fourth-order valence-corrected chi connectivity index (χ4v) is 3.99. The van der Waals surface area contributed by atoms with Crippen LogP contribution in [0.3, 0.4) is 0 Å². The van der Waals surface area contributed by atoms with Crippen LogP contribution >= 0.6 is 0 Å². The van der Waals surface area contributed by atoms with Gasteiger partial charge < -0.3 is 9.84 Å². The smallest absolute Gasteiger partial charge is 0.319 e. The van der Waals surface area contributed by atoms with Gasteiger partial charge in [-0.15, -0.1) is 0 Å². The Morgan fingerprint density at radius 3 is 2.75 bits per heavy atom. The first kappa shape index (κ1) is 13.6. The maximum atomic E-state index is 12.1. The van der Waals surface area contributed by atoms with Crippen LogP contribution in [0.2, 0.25) is 0 Å². The van der Waals surface area contributed by atoms with Crippen LogP contribution in [0, 0.1) is 0 Å². The molecule has 0 aromatic rings. The molecular formula is C11H20O4S. The molecule has 0 radical (unpaired) electrons. The highest BCUT2D eigenvalue weighted by Gasteiger charge is 2.33. The summed E-state index contributed by atoms with van der Waals surface area (Å²) in [6, 6.07) is 0. The lowest BCUT2D eigenvalue weighted by molar-refractivity contribution is -0.136. The minimum absolute atomic E-state index is 0.0141. The Balaban J connectivity index is 2.61. The Bertz CT molecular complexity index is 267. The van der Waals surface area contributed by atoms with Crippen LogP contribution in [0.25, 0.3) is 0 Å². The molecule has 1 fully saturated rings. The predicted molar refractivity (Wildman–Crippen MR) is 62.9 cm³/mol. The summed E-state index contributed by atoms with van der Waals surface area (Å²) in [5.41, 5.74) is 0. The maximum absolute atomic E-state index is 12.1. The Kier molecular flexibility index (Phi) is 5.41. The second-order valence-corrected chi connectivity index (χ2v) is 6.10. The van der Waals surface area contributed by atoms with Crippen molar-refractivity contribution in [1.29, 1.82) is 0 Å². The summed E-state index contributed by atoms with van der Waals surface area (Å²) >= 11 is 0. The van der Waals surface area contributed by atoms with E-state index in [1.165, 1.54) is 0 Å². The molecule has 0 amide bonds. The lowest BCUT2D eigenvalue weighted by atomic mass is 9.97. The Hall–Kier alpha value is -0.420. The molecule has 0 aromatic carbocycles. The van der Waals surface area contributed by atoms with E-state index >= 15 is 0 Å². The maximum Gasteiger partial charge on any atom is 0.319 e. The molecule has 1 rings (SSSR count). The highest BCUT2D eigenvalue weighted by atomic mass is 32.2. The van der Waals surface area contributed by atoms with Crippen molar-refractivity contribution in [2.75, 3.05) is 7.11 Å². The molecule has 1 aliphatic carbocycles. The third kappa shape index (κ3) is 3.28. The summed E-state index contributed by atoms with van der Waals surface area (Å²) in [6.07, 6.45) is 4.13. The molecule has 0 heterocycles. The number of rotatable bonds is 5. The highest BCUT2D eigenvalue weighted by molar-refractivity contribution is 7.87. The highest BCUT2D eigenvalue weighted by Crippen LogP contribution is 2.26. The van der Waals surface area contributed by atoms with Crippen LogP contribution in [-0.4, -0.2) is 39.0 Å². The van der Waals surface area contributed by atoms with E-state index < -0.39 is 22.0 Å². The van der Waals surface area contributed by atoms with Crippen molar-refractivity contribution in [1.82, 2.24) is 0 Å². The van der Waals surface area contributed by atoms with Gasteiger partial charge in [0, 0.05) is 23.2 Å². The van der Waals surface area contributed by atoms with Gasteiger partial charge in [-0.1, -0.05) is 6.92 Å². The van der Waals surface area contributed by atoms with Gasteiger partial charge in [0.25, 0.3) is 0 Å². The first-order chi connectivity index (χ1) is 7.60. The minimum Gasteiger partial charge on any atom is -0.480 e. The number of carbonyl (C=O) groups is 1. The summed E-state index contributed by atoms with van der Waals surface area (Å²) in [4.78, 5) is 10.9. The zero-order valence-electron chi connectivity index (χ0n) is 9.85. The number of ether oxygens (including phenoxy) is 1. The molecule has 16 heavy (non-hydrogen) atoms. The number of aliphatic carboxylic acids is 1. The second-order valence-electron chi connectivity index (χ2n) is 4.21. The molecule has 4 unspecified atom stereocenters. The van der Waals surface area contributed by atoms with Crippen molar-refractivity contribution in [3.05, 3.63) is 0 Å². The number of methoxy groups -OCH3 is 1. The molecule has 1 saturated carbocycles. The first-order valence-corrected chi connectivity index (χ1v) is 7.02. The van der Waals surface area contributed by atoms with Gasteiger partial charge in [0.05, 0.1) is 6.10 Å². The Morgan fingerprint density at radius 2 is 2.25 bits per heavy atom. The van der Waals surface area contributed by atoms with Crippen molar-refractivity contribution in [3.8, 4) is 0 Å². The first-order valence-electron chi connectivity index (χ1n) is 5.75. The predicted octanol–water partition coefficient (Wildman–Crippen LogP) is 1.56. The number of carboxylic acids is 1. The zero-order valence-corrected chi connectivity index (χ0v) is 10.7. The molecule has 1 aliphatic rings. The molecule has 94 valence electrons. The Labute approximate surface area is 98.8 Å². The monoisotopic (exact) mass is 248 g/mol. The molecule has 0 spiro atoms.